The second-order valence-corrected chi connectivity index (χ2v) is 6.42. The molecule has 0 aliphatic carbocycles. The van der Waals surface area contributed by atoms with E-state index in [0.717, 1.165) is 0 Å². The van der Waals surface area contributed by atoms with Crippen molar-refractivity contribution in [3.63, 3.8) is 0 Å². The number of rotatable bonds is 8. The summed E-state index contributed by atoms with van der Waals surface area (Å²) in [6.07, 6.45) is -1.05. The van der Waals surface area contributed by atoms with Crippen LogP contribution in [0, 0.1) is 12.4 Å². The predicted octanol–water partition coefficient (Wildman–Crippen LogP) is 2.11. The van der Waals surface area contributed by atoms with E-state index < -0.39 is 18.0 Å². The van der Waals surface area contributed by atoms with E-state index in [-0.39, 0.29) is 19.0 Å². The second kappa shape index (κ2) is 10.1. The van der Waals surface area contributed by atoms with Gasteiger partial charge in [-0.05, 0) is 30.4 Å². The Bertz CT molecular complexity index is 734. The smallest absolute Gasteiger partial charge is 0.414 e. The van der Waals surface area contributed by atoms with Crippen LogP contribution < -0.4 is 15.5 Å². The molecule has 1 atom stereocenters. The molecule has 8 nitrogen and oxygen atoms in total. The highest BCUT2D eigenvalue weighted by molar-refractivity contribution is 7.80. The molecule has 154 valence electrons. The van der Waals surface area contributed by atoms with E-state index in [1.165, 1.54) is 25.0 Å². The maximum Gasteiger partial charge on any atom is 0.414 e. The number of carbonyl (C=O) groups is 2. The molecule has 1 aliphatic heterocycles. The van der Waals surface area contributed by atoms with E-state index in [9.17, 15) is 14.0 Å². The first-order valence-electron chi connectivity index (χ1n) is 8.75. The number of ether oxygens (including phenoxy) is 2. The fraction of sp³-hybridized carbons (Fsp3) is 0.444. The van der Waals surface area contributed by atoms with Crippen LogP contribution in [0.4, 0.5) is 20.6 Å². The van der Waals surface area contributed by atoms with Gasteiger partial charge in [0, 0.05) is 20.0 Å². The summed E-state index contributed by atoms with van der Waals surface area (Å²) in [4.78, 5) is 26.1. The first kappa shape index (κ1) is 21.7. The molecule has 2 rings (SSSR count). The lowest BCUT2D eigenvalue weighted by Gasteiger charge is -2.31. The minimum atomic E-state index is -0.572. The third-order valence-corrected chi connectivity index (χ3v) is 4.51. The molecular weight excluding hydrogens is 387 g/mol. The molecule has 1 aromatic carbocycles. The molecule has 0 spiro atoms. The lowest BCUT2D eigenvalue weighted by atomic mass is 10.2. The second-order valence-electron chi connectivity index (χ2n) is 6.07. The van der Waals surface area contributed by atoms with Gasteiger partial charge in [-0.1, -0.05) is 0 Å². The molecule has 28 heavy (non-hydrogen) atoms. The van der Waals surface area contributed by atoms with Crippen molar-refractivity contribution in [2.45, 2.75) is 20.0 Å². The van der Waals surface area contributed by atoms with E-state index in [4.69, 9.17) is 21.7 Å². The third-order valence-electron chi connectivity index (χ3n) is 4.11. The van der Waals surface area contributed by atoms with E-state index in [2.05, 4.69) is 10.6 Å². The normalized spacial score (nSPS) is 15.8. The Balaban J connectivity index is 1.94. The highest BCUT2D eigenvalue weighted by Gasteiger charge is 2.32. The minimum absolute atomic E-state index is 0.207. The molecule has 0 aromatic heterocycles. The number of nitrogens with zero attached hydrogens (tertiary/aromatic N) is 2. The molecule has 1 heterocycles. The number of methoxy groups -OCH3 is 1. The standard InChI is InChI=1S/C18H24FN4O4S/c1-4-22(18(28)26-3)8-7-20-16-6-5-13(9-15(16)19)23-11-14(27-17(23)25)10-21-12(2)24/h4-6,9,14,20H,7-8,10-11H2,1-3H3,(H,21,24)/q-1. The number of anilines is 2. The summed E-state index contributed by atoms with van der Waals surface area (Å²) in [5, 5.41) is 5.93. The number of cyclic esters (lactones) is 1. The highest BCUT2D eigenvalue weighted by Crippen LogP contribution is 2.25. The number of hydrogen-bond acceptors (Lipinski definition) is 6. The van der Waals surface area contributed by atoms with E-state index in [1.54, 1.807) is 23.6 Å². The van der Waals surface area contributed by atoms with Crippen LogP contribution in [0.25, 0.3) is 0 Å². The minimum Gasteiger partial charge on any atom is -0.482 e. The molecule has 1 fully saturated rings. The first-order valence-corrected chi connectivity index (χ1v) is 9.16. The predicted molar refractivity (Wildman–Crippen MR) is 107 cm³/mol. The van der Waals surface area contributed by atoms with Crippen LogP contribution in [-0.4, -0.2) is 61.5 Å². The van der Waals surface area contributed by atoms with Crippen LogP contribution in [0.2, 0.25) is 0 Å². The van der Waals surface area contributed by atoms with Gasteiger partial charge in [0.25, 0.3) is 0 Å². The summed E-state index contributed by atoms with van der Waals surface area (Å²) < 4.78 is 24.6. The average Bonchev–Trinajstić information content (AvgIpc) is 3.04. The molecule has 2 N–H and O–H groups in total. The number of hydrogen-bond donors (Lipinski definition) is 2. The van der Waals surface area contributed by atoms with E-state index in [0.29, 0.717) is 29.6 Å². The number of amides is 2. The van der Waals surface area contributed by atoms with Crippen molar-refractivity contribution in [3.05, 3.63) is 30.6 Å². The number of thiocarbonyl (C=S) groups is 1. The lowest BCUT2D eigenvalue weighted by molar-refractivity contribution is -0.119. The molecule has 0 saturated carbocycles. The topological polar surface area (TPSA) is 83.1 Å². The van der Waals surface area contributed by atoms with Gasteiger partial charge >= 0.3 is 6.09 Å². The van der Waals surface area contributed by atoms with Crippen molar-refractivity contribution in [1.29, 1.82) is 0 Å². The summed E-state index contributed by atoms with van der Waals surface area (Å²) in [6, 6.07) is 4.47. The Kier molecular flexibility index (Phi) is 7.80. The summed E-state index contributed by atoms with van der Waals surface area (Å²) in [5.41, 5.74) is 0.702. The molecule has 1 aliphatic rings. The van der Waals surface area contributed by atoms with Crippen molar-refractivity contribution in [2.75, 3.05) is 43.5 Å². The van der Waals surface area contributed by atoms with Gasteiger partial charge in [0.15, 0.2) is 0 Å². The fourth-order valence-corrected chi connectivity index (χ4v) is 2.86. The highest BCUT2D eigenvalue weighted by atomic mass is 32.1. The molecule has 2 amide bonds. The van der Waals surface area contributed by atoms with Gasteiger partial charge in [-0.2, -0.15) is 6.92 Å². The summed E-state index contributed by atoms with van der Waals surface area (Å²) in [7, 11) is 1.49. The van der Waals surface area contributed by atoms with Crippen LogP contribution in [-0.2, 0) is 14.3 Å². The van der Waals surface area contributed by atoms with Gasteiger partial charge in [-0.15, -0.1) is 0 Å². The number of halogens is 1. The van der Waals surface area contributed by atoms with E-state index >= 15 is 0 Å². The average molecular weight is 411 g/mol. The fourth-order valence-electron chi connectivity index (χ4n) is 2.67. The Morgan fingerprint density at radius 3 is 2.89 bits per heavy atom. The molecule has 0 radical (unpaired) electrons. The van der Waals surface area contributed by atoms with Crippen molar-refractivity contribution in [1.82, 2.24) is 10.2 Å². The quantitative estimate of drug-likeness (QED) is 0.501. The Hall–Kier alpha value is -2.62. The van der Waals surface area contributed by atoms with Crippen molar-refractivity contribution < 1.29 is 23.5 Å². The van der Waals surface area contributed by atoms with Gasteiger partial charge in [-0.25, -0.2) is 15.7 Å². The first-order chi connectivity index (χ1) is 13.3. The van der Waals surface area contributed by atoms with Gasteiger partial charge in [0.05, 0.1) is 31.6 Å². The van der Waals surface area contributed by atoms with Gasteiger partial charge in [0.1, 0.15) is 11.9 Å². The number of benzene rings is 1. The third kappa shape index (κ3) is 5.69. The molecule has 1 saturated heterocycles. The maximum absolute atomic E-state index is 14.4. The molecule has 1 aromatic rings. The SMILES string of the molecule is C[CH-]N(CCNc1ccc(N2CC(CNC(C)=O)OC2=O)cc1F)C(=S)OC. The van der Waals surface area contributed by atoms with Gasteiger partial charge in [0.2, 0.25) is 11.1 Å². The largest absolute Gasteiger partial charge is 0.482 e. The van der Waals surface area contributed by atoms with Crippen LogP contribution in [0.15, 0.2) is 18.2 Å². The summed E-state index contributed by atoms with van der Waals surface area (Å²) in [6.45, 7) is 6.39. The monoisotopic (exact) mass is 411 g/mol. The maximum atomic E-state index is 14.4. The zero-order chi connectivity index (χ0) is 20.7. The molecule has 1 unspecified atom stereocenters. The molecular formula is C18H24FN4O4S-. The Morgan fingerprint density at radius 1 is 1.54 bits per heavy atom. The van der Waals surface area contributed by atoms with Crippen LogP contribution >= 0.6 is 12.2 Å². The Morgan fingerprint density at radius 2 is 2.29 bits per heavy atom. The van der Waals surface area contributed by atoms with Crippen LogP contribution in [0.1, 0.15) is 13.8 Å². The summed E-state index contributed by atoms with van der Waals surface area (Å²) >= 11 is 5.06. The summed E-state index contributed by atoms with van der Waals surface area (Å²) in [5.74, 6) is -0.696. The van der Waals surface area contributed by atoms with Crippen molar-refractivity contribution in [2.24, 2.45) is 0 Å². The van der Waals surface area contributed by atoms with Crippen molar-refractivity contribution >= 4 is 40.8 Å². The van der Waals surface area contributed by atoms with Crippen LogP contribution in [0.5, 0.6) is 0 Å². The Labute approximate surface area is 168 Å². The lowest BCUT2D eigenvalue weighted by Crippen LogP contribution is -2.33. The van der Waals surface area contributed by atoms with E-state index in [1.807, 2.05) is 6.92 Å². The van der Waals surface area contributed by atoms with Crippen LogP contribution in [0.3, 0.4) is 0 Å². The molecule has 0 bridgehead atoms. The molecule has 10 heteroatoms. The zero-order valence-corrected chi connectivity index (χ0v) is 16.8. The van der Waals surface area contributed by atoms with Gasteiger partial charge < -0.3 is 25.0 Å². The van der Waals surface area contributed by atoms with Gasteiger partial charge in [-0.3, -0.25) is 9.69 Å². The van der Waals surface area contributed by atoms with Crippen molar-refractivity contribution in [3.8, 4) is 0 Å². The zero-order valence-electron chi connectivity index (χ0n) is 16.0. The number of carbonyl (C=O) groups excluding carboxylic acids is 2. The number of nitrogens with one attached hydrogen (secondary N) is 2.